The number of carbonyl (C=O) groups excluding carboxylic acids is 1. The first-order valence-corrected chi connectivity index (χ1v) is 8.09. The molecule has 0 spiro atoms. The fourth-order valence-corrected chi connectivity index (χ4v) is 2.69. The highest BCUT2D eigenvalue weighted by atomic mass is 16.5. The highest BCUT2D eigenvalue weighted by Gasteiger charge is 2.12. The van der Waals surface area contributed by atoms with Crippen LogP contribution in [0, 0.1) is 0 Å². The first-order chi connectivity index (χ1) is 12.1. The summed E-state index contributed by atoms with van der Waals surface area (Å²) < 4.78 is 10.6. The summed E-state index contributed by atoms with van der Waals surface area (Å²) in [6.07, 6.45) is 1.66. The highest BCUT2D eigenvalue weighted by Crippen LogP contribution is 2.25. The monoisotopic (exact) mass is 341 g/mol. The summed E-state index contributed by atoms with van der Waals surface area (Å²) in [5.74, 6) is 0.0273. The van der Waals surface area contributed by atoms with Crippen LogP contribution in [0.5, 0.6) is 11.5 Å². The molecule has 6 heteroatoms. The third kappa shape index (κ3) is 4.50. The van der Waals surface area contributed by atoms with Crippen molar-refractivity contribution in [2.75, 3.05) is 19.8 Å². The van der Waals surface area contributed by atoms with E-state index in [-0.39, 0.29) is 5.91 Å². The summed E-state index contributed by atoms with van der Waals surface area (Å²) in [4.78, 5) is 22.7. The van der Waals surface area contributed by atoms with Gasteiger partial charge in [0, 0.05) is 18.5 Å². The zero-order chi connectivity index (χ0) is 17.6. The molecule has 6 nitrogen and oxygen atoms in total. The normalized spacial score (nSPS) is 12.2. The lowest BCUT2D eigenvalue weighted by Gasteiger charge is -2.08. The van der Waals surface area contributed by atoms with Gasteiger partial charge in [-0.3, -0.25) is 4.79 Å². The minimum absolute atomic E-state index is 0.217. The van der Waals surface area contributed by atoms with Gasteiger partial charge in [0.2, 0.25) is 0 Å². The van der Waals surface area contributed by atoms with Gasteiger partial charge in [0.05, 0.1) is 6.61 Å². The molecule has 2 N–H and O–H groups in total. The molecule has 1 aliphatic heterocycles. The van der Waals surface area contributed by atoms with E-state index >= 15 is 0 Å². The molecular weight excluding hydrogens is 322 g/mol. The van der Waals surface area contributed by atoms with Gasteiger partial charge in [-0.25, -0.2) is 4.79 Å². The third-order valence-corrected chi connectivity index (χ3v) is 3.91. The molecule has 1 heterocycles. The van der Waals surface area contributed by atoms with E-state index in [9.17, 15) is 9.59 Å². The van der Waals surface area contributed by atoms with E-state index in [0.717, 1.165) is 30.8 Å². The molecule has 2 aromatic rings. The second-order valence-electron chi connectivity index (χ2n) is 5.76. The van der Waals surface area contributed by atoms with E-state index in [1.54, 1.807) is 18.2 Å². The third-order valence-electron chi connectivity index (χ3n) is 3.91. The van der Waals surface area contributed by atoms with Crippen molar-refractivity contribution >= 4 is 11.9 Å². The van der Waals surface area contributed by atoms with Crippen LogP contribution < -0.4 is 14.8 Å². The average Bonchev–Trinajstić information content (AvgIpc) is 3.08. The molecule has 0 radical (unpaired) electrons. The van der Waals surface area contributed by atoms with Gasteiger partial charge in [-0.2, -0.15) is 0 Å². The number of benzene rings is 2. The summed E-state index contributed by atoms with van der Waals surface area (Å²) in [5.41, 5.74) is 2.81. The van der Waals surface area contributed by atoms with Crippen molar-refractivity contribution in [1.82, 2.24) is 5.32 Å². The van der Waals surface area contributed by atoms with E-state index in [4.69, 9.17) is 14.6 Å². The number of carboxylic acid groups (broad SMARTS) is 1. The Bertz CT molecular complexity index is 787. The van der Waals surface area contributed by atoms with Crippen LogP contribution in [-0.4, -0.2) is 36.7 Å². The van der Waals surface area contributed by atoms with Gasteiger partial charge in [0.1, 0.15) is 11.5 Å². The van der Waals surface area contributed by atoms with Gasteiger partial charge in [-0.1, -0.05) is 18.2 Å². The van der Waals surface area contributed by atoms with Crippen LogP contribution in [0.1, 0.15) is 21.5 Å². The van der Waals surface area contributed by atoms with Crippen LogP contribution in [-0.2, 0) is 17.6 Å². The standard InChI is InChI=1S/C19H19NO5/c21-18(22)12-25-16-3-1-2-15(11-16)19(23)20-8-6-13-4-5-17-14(10-13)7-9-24-17/h1-5,10-11H,6-9,12H2,(H,20,23)(H,21,22). The maximum Gasteiger partial charge on any atom is 0.341 e. The number of amides is 1. The topological polar surface area (TPSA) is 84.9 Å². The molecular formula is C19H19NO5. The van der Waals surface area contributed by atoms with Crippen molar-refractivity contribution in [2.45, 2.75) is 12.8 Å². The number of rotatable bonds is 7. The van der Waals surface area contributed by atoms with Crippen LogP contribution in [0.2, 0.25) is 0 Å². The van der Waals surface area contributed by atoms with Crippen LogP contribution in [0.3, 0.4) is 0 Å². The smallest absolute Gasteiger partial charge is 0.341 e. The summed E-state index contributed by atoms with van der Waals surface area (Å²) in [6.45, 7) is 0.807. The second kappa shape index (κ2) is 7.70. The minimum atomic E-state index is -1.06. The van der Waals surface area contributed by atoms with Crippen molar-refractivity contribution in [3.63, 3.8) is 0 Å². The lowest BCUT2D eigenvalue weighted by atomic mass is 10.1. The first-order valence-electron chi connectivity index (χ1n) is 8.09. The van der Waals surface area contributed by atoms with Crippen molar-refractivity contribution in [3.05, 3.63) is 59.2 Å². The second-order valence-corrected chi connectivity index (χ2v) is 5.76. The largest absolute Gasteiger partial charge is 0.493 e. The van der Waals surface area contributed by atoms with Crippen LogP contribution in [0.4, 0.5) is 0 Å². The Morgan fingerprint density at radius 3 is 2.92 bits per heavy atom. The Kier molecular flexibility index (Phi) is 5.18. The van der Waals surface area contributed by atoms with Crippen LogP contribution >= 0.6 is 0 Å². The Morgan fingerprint density at radius 1 is 1.20 bits per heavy atom. The quantitative estimate of drug-likeness (QED) is 0.805. The van der Waals surface area contributed by atoms with Gasteiger partial charge >= 0.3 is 5.97 Å². The van der Waals surface area contributed by atoms with Crippen molar-refractivity contribution in [2.24, 2.45) is 0 Å². The number of hydrogen-bond acceptors (Lipinski definition) is 4. The molecule has 1 amide bonds. The Balaban J connectivity index is 1.52. The van der Waals surface area contributed by atoms with E-state index in [0.29, 0.717) is 17.9 Å². The Morgan fingerprint density at radius 2 is 2.08 bits per heavy atom. The summed E-state index contributed by atoms with van der Waals surface area (Å²) in [6, 6.07) is 12.6. The number of fused-ring (bicyclic) bond motifs is 1. The Labute approximate surface area is 145 Å². The lowest BCUT2D eigenvalue weighted by molar-refractivity contribution is -0.139. The molecule has 0 fully saturated rings. The summed E-state index contributed by atoms with van der Waals surface area (Å²) >= 11 is 0. The SMILES string of the molecule is O=C(O)COc1cccc(C(=O)NCCc2ccc3c(c2)CCO3)c1. The number of ether oxygens (including phenoxy) is 2. The lowest BCUT2D eigenvalue weighted by Crippen LogP contribution is -2.25. The summed E-state index contributed by atoms with van der Waals surface area (Å²) in [5, 5.41) is 11.5. The molecule has 1 aliphatic rings. The van der Waals surface area contributed by atoms with E-state index in [1.807, 2.05) is 12.1 Å². The van der Waals surface area contributed by atoms with Crippen molar-refractivity contribution in [3.8, 4) is 11.5 Å². The maximum atomic E-state index is 12.2. The maximum absolute atomic E-state index is 12.2. The molecule has 0 atom stereocenters. The number of carboxylic acids is 1. The number of carbonyl (C=O) groups is 2. The van der Waals surface area contributed by atoms with E-state index in [1.165, 1.54) is 11.6 Å². The number of hydrogen-bond donors (Lipinski definition) is 2. The van der Waals surface area contributed by atoms with E-state index < -0.39 is 12.6 Å². The first kappa shape index (κ1) is 16.8. The number of aliphatic carboxylic acids is 1. The predicted molar refractivity (Wildman–Crippen MR) is 91.3 cm³/mol. The zero-order valence-electron chi connectivity index (χ0n) is 13.7. The fourth-order valence-electron chi connectivity index (χ4n) is 2.69. The van der Waals surface area contributed by atoms with Gasteiger partial charge < -0.3 is 19.9 Å². The molecule has 2 aromatic carbocycles. The van der Waals surface area contributed by atoms with Crippen molar-refractivity contribution < 1.29 is 24.2 Å². The fraction of sp³-hybridized carbons (Fsp3) is 0.263. The molecule has 25 heavy (non-hydrogen) atoms. The van der Waals surface area contributed by atoms with Crippen LogP contribution in [0.15, 0.2) is 42.5 Å². The molecule has 0 saturated heterocycles. The molecule has 0 aliphatic carbocycles. The van der Waals surface area contributed by atoms with Gasteiger partial charge in [-0.15, -0.1) is 0 Å². The molecule has 0 aromatic heterocycles. The number of nitrogens with one attached hydrogen (secondary N) is 1. The van der Waals surface area contributed by atoms with Gasteiger partial charge in [0.25, 0.3) is 5.91 Å². The predicted octanol–water partition coefficient (Wildman–Crippen LogP) is 2.06. The minimum Gasteiger partial charge on any atom is -0.493 e. The van der Waals surface area contributed by atoms with Gasteiger partial charge in [0.15, 0.2) is 6.61 Å². The zero-order valence-corrected chi connectivity index (χ0v) is 13.7. The highest BCUT2D eigenvalue weighted by molar-refractivity contribution is 5.94. The Hall–Kier alpha value is -3.02. The molecule has 3 rings (SSSR count). The summed E-state index contributed by atoms with van der Waals surface area (Å²) in [7, 11) is 0. The average molecular weight is 341 g/mol. The molecule has 0 saturated carbocycles. The van der Waals surface area contributed by atoms with Crippen molar-refractivity contribution in [1.29, 1.82) is 0 Å². The van der Waals surface area contributed by atoms with Gasteiger partial charge in [-0.05, 0) is 41.8 Å². The molecule has 130 valence electrons. The molecule has 0 bridgehead atoms. The molecule has 0 unspecified atom stereocenters. The van der Waals surface area contributed by atoms with Crippen LogP contribution in [0.25, 0.3) is 0 Å². The van der Waals surface area contributed by atoms with E-state index in [2.05, 4.69) is 11.4 Å².